The molecule has 4 rings (SSSR count). The second-order valence-corrected chi connectivity index (χ2v) is 12.6. The Hall–Kier alpha value is -3.53. The smallest absolute Gasteiger partial charge is 0.379 e. The summed E-state index contributed by atoms with van der Waals surface area (Å²) in [6.45, 7) is 10.8. The predicted molar refractivity (Wildman–Crippen MR) is 142 cm³/mol. The Morgan fingerprint density at radius 3 is 2.24 bits per heavy atom. The van der Waals surface area contributed by atoms with E-state index in [1.165, 1.54) is 12.1 Å². The van der Waals surface area contributed by atoms with Crippen LogP contribution in [-0.2, 0) is 16.3 Å². The number of benzene rings is 2. The average Bonchev–Trinajstić information content (AvgIpc) is 3.15. The number of hydrogen-bond donors (Lipinski definition) is 1. The molecule has 0 radical (unpaired) electrons. The molecule has 2 aromatic carbocycles. The largest absolute Gasteiger partial charge is 0.416 e. The fourth-order valence-corrected chi connectivity index (χ4v) is 5.66. The third-order valence-electron chi connectivity index (χ3n) is 5.74. The Kier molecular flexibility index (Phi) is 6.98. The third kappa shape index (κ3) is 6.30. The zero-order chi connectivity index (χ0) is 27.9. The molecule has 6 nitrogen and oxygen atoms in total. The first-order valence-corrected chi connectivity index (χ1v) is 13.4. The summed E-state index contributed by atoms with van der Waals surface area (Å²) in [6, 6.07) is 15.4. The highest BCUT2D eigenvalue weighted by molar-refractivity contribution is 7.87. The van der Waals surface area contributed by atoms with Crippen molar-refractivity contribution < 1.29 is 25.8 Å². The van der Waals surface area contributed by atoms with Crippen LogP contribution in [0.1, 0.15) is 46.6 Å². The zero-order valence-corrected chi connectivity index (χ0v) is 22.6. The van der Waals surface area contributed by atoms with Gasteiger partial charge in [0.1, 0.15) is 27.8 Å². The Balaban J connectivity index is 1.65. The quantitative estimate of drug-likeness (QED) is 0.245. The number of pyridine rings is 1. The molecule has 1 N–H and O–H groups in total. The molecule has 2 heterocycles. The molecule has 0 aliphatic rings. The van der Waals surface area contributed by atoms with Gasteiger partial charge in [-0.25, -0.2) is 4.98 Å². The van der Waals surface area contributed by atoms with Gasteiger partial charge in [0.05, 0.1) is 5.56 Å². The van der Waals surface area contributed by atoms with Crippen LogP contribution in [0.4, 0.5) is 19.0 Å². The van der Waals surface area contributed by atoms with Crippen molar-refractivity contribution in [3.63, 3.8) is 0 Å². The maximum Gasteiger partial charge on any atom is 0.416 e. The monoisotopic (exact) mass is 545 g/mol. The molecule has 10 heteroatoms. The van der Waals surface area contributed by atoms with Crippen LogP contribution in [0, 0.1) is 5.41 Å². The lowest BCUT2D eigenvalue weighted by Gasteiger charge is -2.34. The highest BCUT2D eigenvalue weighted by atomic mass is 32.2. The number of aromatic nitrogens is 2. The van der Waals surface area contributed by atoms with Crippen molar-refractivity contribution in [3.05, 3.63) is 78.5 Å². The maximum atomic E-state index is 13.0. The molecule has 0 saturated carbocycles. The minimum atomic E-state index is -4.67. The normalized spacial score (nSPS) is 13.1. The summed E-state index contributed by atoms with van der Waals surface area (Å²) in [5.74, 6) is 0.762. The van der Waals surface area contributed by atoms with E-state index in [9.17, 15) is 21.6 Å². The third-order valence-corrected chi connectivity index (χ3v) is 6.99. The van der Waals surface area contributed by atoms with E-state index in [1.54, 1.807) is 12.1 Å². The molecule has 0 bridgehead atoms. The molecule has 38 heavy (non-hydrogen) atoms. The van der Waals surface area contributed by atoms with E-state index in [0.29, 0.717) is 17.3 Å². The number of nitrogens with one attached hydrogen (secondary N) is 1. The fourth-order valence-electron chi connectivity index (χ4n) is 4.68. The number of halogens is 3. The SMILES string of the molecule is CC(C)(C)CC(C)(C)Nc1c(-c2ccc(OS(=O)(=O)c3cccc(C(F)(F)F)c3)cc2)nc2ccccn12. The summed E-state index contributed by atoms with van der Waals surface area (Å²) in [5, 5.41) is 3.64. The van der Waals surface area contributed by atoms with E-state index in [2.05, 4.69) is 39.9 Å². The van der Waals surface area contributed by atoms with Gasteiger partial charge in [-0.1, -0.05) is 32.9 Å². The van der Waals surface area contributed by atoms with Gasteiger partial charge in [-0.2, -0.15) is 21.6 Å². The Labute approximate surface area is 220 Å². The summed E-state index contributed by atoms with van der Waals surface area (Å²) < 4.78 is 71.5. The van der Waals surface area contributed by atoms with Crippen molar-refractivity contribution in [2.75, 3.05) is 5.32 Å². The molecule has 0 aliphatic carbocycles. The van der Waals surface area contributed by atoms with Crippen molar-refractivity contribution in [2.24, 2.45) is 5.41 Å². The second-order valence-electron chi connectivity index (χ2n) is 11.1. The second kappa shape index (κ2) is 9.65. The van der Waals surface area contributed by atoms with Gasteiger partial charge >= 0.3 is 16.3 Å². The number of hydrogen-bond acceptors (Lipinski definition) is 5. The van der Waals surface area contributed by atoms with E-state index in [0.717, 1.165) is 36.1 Å². The van der Waals surface area contributed by atoms with Gasteiger partial charge in [-0.3, -0.25) is 4.40 Å². The predicted octanol–water partition coefficient (Wildman–Crippen LogP) is 7.41. The van der Waals surface area contributed by atoms with E-state index in [1.807, 2.05) is 28.8 Å². The molecule has 0 fully saturated rings. The van der Waals surface area contributed by atoms with Crippen LogP contribution >= 0.6 is 0 Å². The number of nitrogens with zero attached hydrogens (tertiary/aromatic N) is 2. The van der Waals surface area contributed by atoms with Crippen LogP contribution < -0.4 is 9.50 Å². The number of anilines is 1. The molecule has 0 aliphatic heterocycles. The summed E-state index contributed by atoms with van der Waals surface area (Å²) in [4.78, 5) is 4.20. The number of imidazole rings is 1. The van der Waals surface area contributed by atoms with Gasteiger partial charge in [-0.15, -0.1) is 0 Å². The lowest BCUT2D eigenvalue weighted by atomic mass is 9.82. The Morgan fingerprint density at radius 1 is 0.921 bits per heavy atom. The Morgan fingerprint density at radius 2 is 1.61 bits per heavy atom. The zero-order valence-electron chi connectivity index (χ0n) is 21.8. The van der Waals surface area contributed by atoms with E-state index < -0.39 is 26.8 Å². The molecule has 0 saturated heterocycles. The lowest BCUT2D eigenvalue weighted by Crippen LogP contribution is -2.36. The average molecular weight is 546 g/mol. The standard InChI is InChI=1S/C28H30F3N3O3S/c1-26(2,3)18-27(4,5)33-25-24(32-23-11-6-7-16-34(23)25)19-12-14-21(15-13-19)37-38(35,36)22-10-8-9-20(17-22)28(29,30)31/h6-17,33H,18H2,1-5H3. The number of rotatable bonds is 7. The van der Waals surface area contributed by atoms with Crippen LogP contribution in [0.5, 0.6) is 5.75 Å². The molecule has 2 aromatic heterocycles. The van der Waals surface area contributed by atoms with Crippen molar-refractivity contribution in [2.45, 2.75) is 57.7 Å². The summed E-state index contributed by atoms with van der Waals surface area (Å²) in [7, 11) is -4.48. The summed E-state index contributed by atoms with van der Waals surface area (Å²) >= 11 is 0. The molecule has 0 amide bonds. The van der Waals surface area contributed by atoms with Crippen molar-refractivity contribution in [3.8, 4) is 17.0 Å². The van der Waals surface area contributed by atoms with E-state index >= 15 is 0 Å². The van der Waals surface area contributed by atoms with Gasteiger partial charge in [-0.05, 0) is 80.3 Å². The van der Waals surface area contributed by atoms with E-state index in [4.69, 9.17) is 9.17 Å². The minimum Gasteiger partial charge on any atom is -0.379 e. The highest BCUT2D eigenvalue weighted by Gasteiger charge is 2.32. The van der Waals surface area contributed by atoms with Crippen molar-refractivity contribution in [1.29, 1.82) is 0 Å². The molecule has 202 valence electrons. The first kappa shape index (κ1) is 27.5. The molecular formula is C28H30F3N3O3S. The van der Waals surface area contributed by atoms with Crippen LogP contribution in [0.2, 0.25) is 0 Å². The van der Waals surface area contributed by atoms with Crippen LogP contribution in [-0.4, -0.2) is 23.3 Å². The van der Waals surface area contributed by atoms with Gasteiger partial charge < -0.3 is 9.50 Å². The lowest BCUT2D eigenvalue weighted by molar-refractivity contribution is -0.137. The fraction of sp³-hybridized carbons (Fsp3) is 0.321. The number of alkyl halides is 3. The summed E-state index contributed by atoms with van der Waals surface area (Å²) in [6.07, 6.45) is -1.87. The molecule has 0 unspecified atom stereocenters. The van der Waals surface area contributed by atoms with Crippen LogP contribution in [0.15, 0.2) is 77.8 Å². The van der Waals surface area contributed by atoms with Gasteiger partial charge in [0, 0.05) is 17.3 Å². The Bertz CT molecular complexity index is 1550. The first-order valence-electron chi connectivity index (χ1n) is 12.0. The van der Waals surface area contributed by atoms with Gasteiger partial charge in [0.25, 0.3) is 0 Å². The maximum absolute atomic E-state index is 13.0. The highest BCUT2D eigenvalue weighted by Crippen LogP contribution is 2.36. The van der Waals surface area contributed by atoms with Crippen molar-refractivity contribution >= 4 is 21.6 Å². The van der Waals surface area contributed by atoms with Gasteiger partial charge in [0.15, 0.2) is 0 Å². The van der Waals surface area contributed by atoms with Gasteiger partial charge in [0.2, 0.25) is 0 Å². The minimum absolute atomic E-state index is 0.0301. The van der Waals surface area contributed by atoms with Crippen molar-refractivity contribution in [1.82, 2.24) is 9.38 Å². The molecule has 0 spiro atoms. The first-order chi connectivity index (χ1) is 17.5. The molecule has 4 aromatic rings. The molecule has 0 atom stereocenters. The summed E-state index contributed by atoms with van der Waals surface area (Å²) in [5.41, 5.74) is 0.877. The number of fused-ring (bicyclic) bond motifs is 1. The van der Waals surface area contributed by atoms with Crippen LogP contribution in [0.3, 0.4) is 0 Å². The molecular weight excluding hydrogens is 515 g/mol. The van der Waals surface area contributed by atoms with E-state index in [-0.39, 0.29) is 16.7 Å². The van der Waals surface area contributed by atoms with Crippen LogP contribution in [0.25, 0.3) is 16.9 Å². The topological polar surface area (TPSA) is 72.7 Å².